The Morgan fingerprint density at radius 3 is 2.77 bits per heavy atom. The molecule has 112 valence electrons. The topological polar surface area (TPSA) is 68.5 Å². The van der Waals surface area contributed by atoms with Crippen LogP contribution in [-0.2, 0) is 4.74 Å². The summed E-state index contributed by atoms with van der Waals surface area (Å²) in [5, 5.41) is 7.43. The predicted octanol–water partition coefficient (Wildman–Crippen LogP) is 3.41. The van der Waals surface area contributed by atoms with Gasteiger partial charge in [0, 0.05) is 11.9 Å². The molecule has 0 saturated carbocycles. The number of carbonyl (C=O) groups excluding carboxylic acids is 1. The molecule has 0 saturated heterocycles. The van der Waals surface area contributed by atoms with Crippen LogP contribution in [0, 0.1) is 0 Å². The van der Waals surface area contributed by atoms with Crippen molar-refractivity contribution in [2.75, 3.05) is 11.9 Å². The molecule has 2 heterocycles. The fraction of sp³-hybridized carbons (Fsp3) is 0.133. The van der Waals surface area contributed by atoms with Crippen LogP contribution >= 0.6 is 15.9 Å². The second kappa shape index (κ2) is 6.15. The van der Waals surface area contributed by atoms with Crippen molar-refractivity contribution in [1.82, 2.24) is 14.6 Å². The van der Waals surface area contributed by atoms with Crippen LogP contribution in [-0.4, -0.2) is 27.2 Å². The molecular weight excluding hydrogens is 348 g/mol. The molecule has 0 fully saturated rings. The van der Waals surface area contributed by atoms with Gasteiger partial charge in [0.05, 0.1) is 16.6 Å². The zero-order valence-electron chi connectivity index (χ0n) is 11.8. The number of rotatable bonds is 4. The molecule has 7 heteroatoms. The minimum Gasteiger partial charge on any atom is -0.462 e. The first kappa shape index (κ1) is 14.5. The third kappa shape index (κ3) is 2.94. The average Bonchev–Trinajstić information content (AvgIpc) is 2.92. The molecule has 3 rings (SSSR count). The van der Waals surface area contributed by atoms with Crippen molar-refractivity contribution >= 4 is 39.2 Å². The maximum Gasteiger partial charge on any atom is 0.338 e. The second-order valence-corrected chi connectivity index (χ2v) is 5.34. The van der Waals surface area contributed by atoms with Crippen molar-refractivity contribution in [3.63, 3.8) is 0 Å². The normalized spacial score (nSPS) is 10.6. The molecule has 0 unspecified atom stereocenters. The molecule has 0 atom stereocenters. The van der Waals surface area contributed by atoms with Gasteiger partial charge < -0.3 is 10.1 Å². The second-order valence-electron chi connectivity index (χ2n) is 4.48. The van der Waals surface area contributed by atoms with Crippen molar-refractivity contribution in [1.29, 1.82) is 0 Å². The Morgan fingerprint density at radius 1 is 1.32 bits per heavy atom. The summed E-state index contributed by atoms with van der Waals surface area (Å²) in [6.45, 7) is 2.14. The molecule has 0 spiro atoms. The van der Waals surface area contributed by atoms with E-state index in [9.17, 15) is 4.79 Å². The van der Waals surface area contributed by atoms with Gasteiger partial charge in [0.15, 0.2) is 5.65 Å². The number of carbonyl (C=O) groups is 1. The van der Waals surface area contributed by atoms with Crippen molar-refractivity contribution in [3.05, 3.63) is 52.6 Å². The minimum absolute atomic E-state index is 0.330. The summed E-state index contributed by atoms with van der Waals surface area (Å²) in [4.78, 5) is 16.0. The van der Waals surface area contributed by atoms with Gasteiger partial charge >= 0.3 is 5.97 Å². The van der Waals surface area contributed by atoms with Gasteiger partial charge in [0.25, 0.3) is 0 Å². The quantitative estimate of drug-likeness (QED) is 0.722. The number of aromatic nitrogens is 3. The van der Waals surface area contributed by atoms with Crippen molar-refractivity contribution < 1.29 is 9.53 Å². The highest BCUT2D eigenvalue weighted by Crippen LogP contribution is 2.19. The molecule has 2 aromatic heterocycles. The third-order valence-electron chi connectivity index (χ3n) is 2.97. The Morgan fingerprint density at radius 2 is 2.09 bits per heavy atom. The van der Waals surface area contributed by atoms with Gasteiger partial charge in [-0.05, 0) is 59.3 Å². The summed E-state index contributed by atoms with van der Waals surface area (Å²) < 4.78 is 7.50. The fourth-order valence-corrected chi connectivity index (χ4v) is 2.38. The van der Waals surface area contributed by atoms with Gasteiger partial charge in [0.1, 0.15) is 0 Å². The van der Waals surface area contributed by atoms with E-state index in [1.165, 1.54) is 0 Å². The van der Waals surface area contributed by atoms with Crippen LogP contribution in [0.1, 0.15) is 17.3 Å². The monoisotopic (exact) mass is 360 g/mol. The molecule has 0 aliphatic rings. The smallest absolute Gasteiger partial charge is 0.338 e. The maximum atomic E-state index is 11.6. The SMILES string of the molecule is CCOC(=O)c1ccc(Nc2nc3c(Br)cccn3n2)cc1. The molecule has 0 radical (unpaired) electrons. The number of nitrogens with zero attached hydrogens (tertiary/aromatic N) is 3. The molecule has 6 nitrogen and oxygen atoms in total. The number of benzene rings is 1. The number of hydrogen-bond acceptors (Lipinski definition) is 5. The minimum atomic E-state index is -0.330. The van der Waals surface area contributed by atoms with Gasteiger partial charge in [-0.25, -0.2) is 9.31 Å². The van der Waals surface area contributed by atoms with E-state index in [2.05, 4.69) is 31.3 Å². The third-order valence-corrected chi connectivity index (χ3v) is 3.59. The van der Waals surface area contributed by atoms with Crippen molar-refractivity contribution in [3.8, 4) is 0 Å². The van der Waals surface area contributed by atoms with Crippen LogP contribution in [0.25, 0.3) is 5.65 Å². The summed E-state index contributed by atoms with van der Waals surface area (Å²) >= 11 is 3.43. The number of pyridine rings is 1. The standard InChI is InChI=1S/C15H13BrN4O2/c1-2-22-14(21)10-5-7-11(8-6-10)17-15-18-13-12(16)4-3-9-20(13)19-15/h3-9H,2H2,1H3,(H,17,19). The lowest BCUT2D eigenvalue weighted by molar-refractivity contribution is 0.0526. The van der Waals surface area contributed by atoms with Crippen molar-refractivity contribution in [2.45, 2.75) is 6.92 Å². The molecule has 0 bridgehead atoms. The highest BCUT2D eigenvalue weighted by Gasteiger charge is 2.08. The number of hydrogen-bond donors (Lipinski definition) is 1. The number of ether oxygens (including phenoxy) is 1. The average molecular weight is 361 g/mol. The summed E-state index contributed by atoms with van der Waals surface area (Å²) in [6, 6.07) is 10.8. The summed E-state index contributed by atoms with van der Waals surface area (Å²) in [5.41, 5.74) is 2.03. The first-order valence-electron chi connectivity index (χ1n) is 6.72. The Hall–Kier alpha value is -2.41. The molecule has 1 aromatic carbocycles. The molecule has 22 heavy (non-hydrogen) atoms. The van der Waals surface area contributed by atoms with E-state index >= 15 is 0 Å². The summed E-state index contributed by atoms with van der Waals surface area (Å²) in [7, 11) is 0. The van der Waals surface area contributed by atoms with E-state index in [1.54, 1.807) is 35.7 Å². The van der Waals surface area contributed by atoms with Crippen LogP contribution in [0.4, 0.5) is 11.6 Å². The van der Waals surface area contributed by atoms with E-state index in [0.29, 0.717) is 18.1 Å². The summed E-state index contributed by atoms with van der Waals surface area (Å²) in [6.07, 6.45) is 1.82. The Labute approximate surface area is 135 Å². The van der Waals surface area contributed by atoms with Gasteiger partial charge in [-0.15, -0.1) is 5.10 Å². The zero-order chi connectivity index (χ0) is 15.5. The van der Waals surface area contributed by atoms with E-state index in [1.807, 2.05) is 18.3 Å². The molecule has 0 aliphatic carbocycles. The van der Waals surface area contributed by atoms with Crippen LogP contribution in [0.15, 0.2) is 47.1 Å². The van der Waals surface area contributed by atoms with Crippen LogP contribution in [0.5, 0.6) is 0 Å². The first-order valence-corrected chi connectivity index (χ1v) is 7.52. The van der Waals surface area contributed by atoms with Crippen LogP contribution in [0.3, 0.4) is 0 Å². The van der Waals surface area contributed by atoms with Gasteiger partial charge in [-0.1, -0.05) is 0 Å². The van der Waals surface area contributed by atoms with E-state index in [-0.39, 0.29) is 5.97 Å². The zero-order valence-corrected chi connectivity index (χ0v) is 13.4. The molecule has 3 aromatic rings. The largest absolute Gasteiger partial charge is 0.462 e. The number of nitrogens with one attached hydrogen (secondary N) is 1. The Kier molecular flexibility index (Phi) is 4.06. The maximum absolute atomic E-state index is 11.6. The van der Waals surface area contributed by atoms with Gasteiger partial charge in [0.2, 0.25) is 5.95 Å². The summed E-state index contributed by atoms with van der Waals surface area (Å²) in [5.74, 6) is 0.152. The molecule has 0 aliphatic heterocycles. The lowest BCUT2D eigenvalue weighted by atomic mass is 10.2. The number of fused-ring (bicyclic) bond motifs is 1. The van der Waals surface area contributed by atoms with E-state index in [4.69, 9.17) is 4.74 Å². The highest BCUT2D eigenvalue weighted by molar-refractivity contribution is 9.10. The number of anilines is 2. The number of halogens is 1. The predicted molar refractivity (Wildman–Crippen MR) is 86.4 cm³/mol. The van der Waals surface area contributed by atoms with Crippen molar-refractivity contribution in [2.24, 2.45) is 0 Å². The van der Waals surface area contributed by atoms with E-state index in [0.717, 1.165) is 15.8 Å². The molecular formula is C15H13BrN4O2. The number of esters is 1. The lowest BCUT2D eigenvalue weighted by Crippen LogP contribution is -2.04. The van der Waals surface area contributed by atoms with E-state index < -0.39 is 0 Å². The van der Waals surface area contributed by atoms with Crippen LogP contribution < -0.4 is 5.32 Å². The molecule has 1 N–H and O–H groups in total. The molecule has 0 amide bonds. The fourth-order valence-electron chi connectivity index (χ4n) is 1.96. The van der Waals surface area contributed by atoms with Gasteiger partial charge in [-0.2, -0.15) is 4.98 Å². The lowest BCUT2D eigenvalue weighted by Gasteiger charge is -2.04. The van der Waals surface area contributed by atoms with Gasteiger partial charge in [-0.3, -0.25) is 0 Å². The Balaban J connectivity index is 1.80. The first-order chi connectivity index (χ1) is 10.7. The Bertz CT molecular complexity index is 814. The van der Waals surface area contributed by atoms with Crippen LogP contribution in [0.2, 0.25) is 0 Å². The highest BCUT2D eigenvalue weighted by atomic mass is 79.9.